The van der Waals surface area contributed by atoms with Crippen molar-refractivity contribution in [1.82, 2.24) is 9.97 Å². The number of rotatable bonds is 5. The van der Waals surface area contributed by atoms with Crippen molar-refractivity contribution in [2.75, 3.05) is 0 Å². The van der Waals surface area contributed by atoms with Gasteiger partial charge in [-0.3, -0.25) is 0 Å². The lowest BCUT2D eigenvalue weighted by Crippen LogP contribution is -2.06. The molecule has 3 nitrogen and oxygen atoms in total. The van der Waals surface area contributed by atoms with Crippen LogP contribution in [0.1, 0.15) is 27.9 Å². The summed E-state index contributed by atoms with van der Waals surface area (Å²) in [5.41, 5.74) is 15.0. The smallest absolute Gasteiger partial charge is 0.246 e. The van der Waals surface area contributed by atoms with Crippen LogP contribution in [0.25, 0.3) is 88.0 Å². The molecule has 0 aliphatic heterocycles. The summed E-state index contributed by atoms with van der Waals surface area (Å²) in [7, 11) is 0. The van der Waals surface area contributed by atoms with Crippen LogP contribution in [-0.2, 0) is 6.42 Å². The second kappa shape index (κ2) is 12.3. The highest BCUT2D eigenvalue weighted by atomic mass is 16.3. The van der Waals surface area contributed by atoms with Crippen molar-refractivity contribution in [3.8, 4) is 33.5 Å². The Morgan fingerprint density at radius 2 is 1.11 bits per heavy atom. The van der Waals surface area contributed by atoms with Crippen LogP contribution >= 0.6 is 0 Å². The molecule has 0 amide bonds. The average Bonchev–Trinajstić information content (AvgIpc) is 3.55. The van der Waals surface area contributed by atoms with E-state index in [2.05, 4.69) is 154 Å². The maximum Gasteiger partial charge on any atom is 0.246 e. The van der Waals surface area contributed by atoms with Gasteiger partial charge in [0.25, 0.3) is 0 Å². The van der Waals surface area contributed by atoms with E-state index in [1.54, 1.807) is 0 Å². The minimum Gasteiger partial charge on any atom is -0.436 e. The fourth-order valence-corrected chi connectivity index (χ4v) is 8.39. The first-order valence-corrected chi connectivity index (χ1v) is 18.3. The molecular weight excluding hydrogens is 645 g/mol. The third-order valence-corrected chi connectivity index (χ3v) is 11.0. The minimum atomic E-state index is 0.556. The van der Waals surface area contributed by atoms with E-state index in [0.717, 1.165) is 33.4 Å². The summed E-state index contributed by atoms with van der Waals surface area (Å²) in [5.74, 6) is 0. The van der Waals surface area contributed by atoms with Crippen LogP contribution in [0.15, 0.2) is 156 Å². The lowest BCUT2D eigenvalue weighted by Gasteiger charge is -2.24. The number of para-hydroxylation sites is 1. The number of aryl methyl sites for hydroxylation is 2. The number of aromatic nitrogens is 2. The molecule has 2 heterocycles. The van der Waals surface area contributed by atoms with Gasteiger partial charge in [0.2, 0.25) is 5.71 Å². The molecule has 0 aliphatic carbocycles. The molecule has 10 rings (SSSR count). The Labute approximate surface area is 308 Å². The molecule has 8 aromatic carbocycles. The molecule has 0 spiro atoms. The summed E-state index contributed by atoms with van der Waals surface area (Å²) in [4.78, 5) is 10.8. The van der Waals surface area contributed by atoms with Gasteiger partial charge in [-0.15, -0.1) is 0 Å². The number of fused-ring (bicyclic) bond motifs is 6. The molecule has 252 valence electrons. The number of furan rings is 1. The normalized spacial score (nSPS) is 11.8. The number of benzene rings is 8. The van der Waals surface area contributed by atoms with Gasteiger partial charge < -0.3 is 4.42 Å². The van der Waals surface area contributed by atoms with Gasteiger partial charge in [0, 0.05) is 17.4 Å². The monoisotopic (exact) mass is 680 g/mol. The molecule has 0 radical (unpaired) electrons. The highest BCUT2D eigenvalue weighted by Crippen LogP contribution is 2.45. The molecule has 2 aromatic heterocycles. The van der Waals surface area contributed by atoms with Gasteiger partial charge in [-0.25, -0.2) is 9.97 Å². The Hall–Kier alpha value is -6.58. The fourth-order valence-electron chi connectivity index (χ4n) is 8.39. The van der Waals surface area contributed by atoms with Crippen molar-refractivity contribution in [2.24, 2.45) is 0 Å². The highest BCUT2D eigenvalue weighted by molar-refractivity contribution is 6.10. The number of nitrogens with zero attached hydrogens (tertiary/aromatic N) is 2. The average molecular weight is 681 g/mol. The zero-order valence-corrected chi connectivity index (χ0v) is 29.9. The van der Waals surface area contributed by atoms with E-state index in [4.69, 9.17) is 14.4 Å². The van der Waals surface area contributed by atoms with E-state index in [-0.39, 0.29) is 0 Å². The van der Waals surface area contributed by atoms with Gasteiger partial charge in [0.1, 0.15) is 11.1 Å². The number of hydrogen-bond acceptors (Lipinski definition) is 3. The maximum absolute atomic E-state index is 6.35. The SMILES string of the molecule is Cc1cc2ccccc2cc1-c1c(C)c(Cc2nc3c(nc2-c2ccc4ccccc4c2)oc2ccccc23)c(-c2ccccc2C)c2ccccc12. The Morgan fingerprint density at radius 3 is 1.89 bits per heavy atom. The minimum absolute atomic E-state index is 0.556. The Bertz CT molecular complexity index is 3080. The molecule has 0 unspecified atom stereocenters. The van der Waals surface area contributed by atoms with Crippen LogP contribution in [0.3, 0.4) is 0 Å². The van der Waals surface area contributed by atoms with Crippen LogP contribution in [0, 0.1) is 20.8 Å². The van der Waals surface area contributed by atoms with Gasteiger partial charge in [0.05, 0.1) is 11.4 Å². The van der Waals surface area contributed by atoms with Crippen molar-refractivity contribution >= 4 is 54.5 Å². The van der Waals surface area contributed by atoms with Crippen LogP contribution in [0.4, 0.5) is 0 Å². The first-order valence-electron chi connectivity index (χ1n) is 18.3. The van der Waals surface area contributed by atoms with Crippen molar-refractivity contribution in [1.29, 1.82) is 0 Å². The Morgan fingerprint density at radius 1 is 0.491 bits per heavy atom. The fraction of sp³-hybridized carbons (Fsp3) is 0.0800. The van der Waals surface area contributed by atoms with Crippen molar-refractivity contribution in [2.45, 2.75) is 27.2 Å². The second-order valence-corrected chi connectivity index (χ2v) is 14.2. The molecule has 10 aromatic rings. The third-order valence-electron chi connectivity index (χ3n) is 11.0. The van der Waals surface area contributed by atoms with Crippen molar-refractivity contribution < 1.29 is 4.42 Å². The summed E-state index contributed by atoms with van der Waals surface area (Å²) in [6.07, 6.45) is 0.588. The Kier molecular flexibility index (Phi) is 7.23. The van der Waals surface area contributed by atoms with Gasteiger partial charge in [-0.1, -0.05) is 127 Å². The van der Waals surface area contributed by atoms with Crippen LogP contribution in [0.2, 0.25) is 0 Å². The largest absolute Gasteiger partial charge is 0.436 e. The molecule has 0 atom stereocenters. The molecule has 3 heteroatoms. The summed E-state index contributed by atoms with van der Waals surface area (Å²) in [5, 5.41) is 8.31. The van der Waals surface area contributed by atoms with E-state index in [9.17, 15) is 0 Å². The van der Waals surface area contributed by atoms with E-state index < -0.39 is 0 Å². The van der Waals surface area contributed by atoms with Gasteiger partial charge in [-0.2, -0.15) is 0 Å². The van der Waals surface area contributed by atoms with Crippen molar-refractivity contribution in [3.63, 3.8) is 0 Å². The first kappa shape index (κ1) is 31.2. The van der Waals surface area contributed by atoms with Crippen LogP contribution in [0.5, 0.6) is 0 Å². The molecule has 0 saturated carbocycles. The summed E-state index contributed by atoms with van der Waals surface area (Å²) >= 11 is 0. The lowest BCUT2D eigenvalue weighted by atomic mass is 9.80. The van der Waals surface area contributed by atoms with Gasteiger partial charge >= 0.3 is 0 Å². The van der Waals surface area contributed by atoms with E-state index >= 15 is 0 Å². The summed E-state index contributed by atoms with van der Waals surface area (Å²) < 4.78 is 6.35. The number of hydrogen-bond donors (Lipinski definition) is 0. The van der Waals surface area contributed by atoms with Crippen LogP contribution in [-0.4, -0.2) is 9.97 Å². The molecule has 0 saturated heterocycles. The van der Waals surface area contributed by atoms with Gasteiger partial charge in [0.15, 0.2) is 0 Å². The van der Waals surface area contributed by atoms with Crippen LogP contribution < -0.4 is 0 Å². The quantitative estimate of drug-likeness (QED) is 0.182. The zero-order valence-electron chi connectivity index (χ0n) is 29.9. The van der Waals surface area contributed by atoms with E-state index in [0.29, 0.717) is 12.1 Å². The summed E-state index contributed by atoms with van der Waals surface area (Å²) in [6, 6.07) is 54.2. The molecule has 0 fully saturated rings. The molecule has 0 bridgehead atoms. The standard InChI is InChI=1S/C50H36N2O/c1-30-14-4-9-19-38(30)47-40-21-11-10-20-39(40)46(42-28-36-18-8-7-16-34(36)26-31(42)2)32(3)43(47)29-44-48(37-25-24-33-15-5-6-17-35(33)27-37)52-50-49(51-44)41-22-12-13-23-45(41)53-50/h4-28H,29H2,1-3H3. The third kappa shape index (κ3) is 5.11. The molecule has 53 heavy (non-hydrogen) atoms. The lowest BCUT2D eigenvalue weighted by molar-refractivity contribution is 0.653. The highest BCUT2D eigenvalue weighted by Gasteiger charge is 2.24. The molecular formula is C50H36N2O. The van der Waals surface area contributed by atoms with E-state index in [1.807, 2.05) is 18.2 Å². The zero-order chi connectivity index (χ0) is 35.6. The molecule has 0 aliphatic rings. The summed E-state index contributed by atoms with van der Waals surface area (Å²) in [6.45, 7) is 6.77. The Balaban J connectivity index is 1.30. The van der Waals surface area contributed by atoms with E-state index in [1.165, 1.54) is 76.8 Å². The predicted molar refractivity (Wildman–Crippen MR) is 222 cm³/mol. The first-order chi connectivity index (χ1) is 26.0. The van der Waals surface area contributed by atoms with Gasteiger partial charge in [-0.05, 0) is 122 Å². The van der Waals surface area contributed by atoms with Crippen molar-refractivity contribution in [3.05, 3.63) is 180 Å². The predicted octanol–water partition coefficient (Wildman–Crippen LogP) is 13.4. The maximum atomic E-state index is 6.35. The topological polar surface area (TPSA) is 38.9 Å². The molecule has 0 N–H and O–H groups in total. The second-order valence-electron chi connectivity index (χ2n) is 14.2.